The molecule has 39 heavy (non-hydrogen) atoms. The Labute approximate surface area is 241 Å². The standard InChI is InChI=1S/C35H61NO3/c1-3-5-7-9-11-13-14-15-16-17-18-19-20-21-22-23-25-27-29-31-35(39)36-33(32-37)34(38)30-28-26-24-12-10-8-6-4-2/h5,7,11,13,15-16,18-19,21-22,33-34,37-38H,3-4,6,8-10,12,14,17,20,23-32H2,1-2H3,(H,36,39)/b7-5-,13-11-,16-15-,19-18-,22-21-. The SMILES string of the molecule is CC/C=C\C/C=C\C/C=C\C/C=C\C/C=C\CCCCCC(=O)NC(CO)C(O)CCCCCCCCCC. The highest BCUT2D eigenvalue weighted by molar-refractivity contribution is 5.76. The van der Waals surface area contributed by atoms with E-state index in [9.17, 15) is 15.0 Å². The van der Waals surface area contributed by atoms with E-state index in [1.54, 1.807) is 0 Å². The van der Waals surface area contributed by atoms with Gasteiger partial charge in [-0.1, -0.05) is 132 Å². The van der Waals surface area contributed by atoms with Gasteiger partial charge in [0.05, 0.1) is 18.8 Å². The summed E-state index contributed by atoms with van der Waals surface area (Å²) >= 11 is 0. The number of carbonyl (C=O) groups excluding carboxylic acids is 1. The summed E-state index contributed by atoms with van der Waals surface area (Å²) in [7, 11) is 0. The Morgan fingerprint density at radius 2 is 1.13 bits per heavy atom. The second-order valence-corrected chi connectivity index (χ2v) is 10.5. The fourth-order valence-corrected chi connectivity index (χ4v) is 4.32. The highest BCUT2D eigenvalue weighted by Crippen LogP contribution is 2.12. The number of amides is 1. The third kappa shape index (κ3) is 27.4. The Hall–Kier alpha value is -1.91. The largest absolute Gasteiger partial charge is 0.394 e. The lowest BCUT2D eigenvalue weighted by atomic mass is 10.0. The van der Waals surface area contributed by atoms with Gasteiger partial charge < -0.3 is 15.5 Å². The predicted octanol–water partition coefficient (Wildman–Crippen LogP) is 9.06. The molecular formula is C35H61NO3. The minimum Gasteiger partial charge on any atom is -0.394 e. The lowest BCUT2D eigenvalue weighted by Gasteiger charge is -2.22. The maximum absolute atomic E-state index is 12.2. The first-order chi connectivity index (χ1) is 19.2. The molecule has 0 rings (SSSR count). The van der Waals surface area contributed by atoms with Crippen molar-refractivity contribution >= 4 is 5.91 Å². The van der Waals surface area contributed by atoms with Crippen LogP contribution in [0.5, 0.6) is 0 Å². The Kier molecular flexibility index (Phi) is 29.1. The number of aliphatic hydroxyl groups is 2. The van der Waals surface area contributed by atoms with Gasteiger partial charge in [-0.3, -0.25) is 4.79 Å². The third-order valence-corrected chi connectivity index (χ3v) is 6.79. The number of nitrogens with one attached hydrogen (secondary N) is 1. The highest BCUT2D eigenvalue weighted by Gasteiger charge is 2.19. The van der Waals surface area contributed by atoms with Crippen LogP contribution in [0.15, 0.2) is 60.8 Å². The van der Waals surface area contributed by atoms with Crippen molar-refractivity contribution in [1.29, 1.82) is 0 Å². The van der Waals surface area contributed by atoms with E-state index in [-0.39, 0.29) is 12.5 Å². The molecule has 224 valence electrons. The maximum Gasteiger partial charge on any atom is 0.220 e. The van der Waals surface area contributed by atoms with Crippen molar-refractivity contribution < 1.29 is 15.0 Å². The van der Waals surface area contributed by atoms with Gasteiger partial charge in [0.25, 0.3) is 0 Å². The number of unbranched alkanes of at least 4 members (excludes halogenated alkanes) is 10. The van der Waals surface area contributed by atoms with Crippen LogP contribution in [-0.4, -0.2) is 34.9 Å². The van der Waals surface area contributed by atoms with Gasteiger partial charge in [-0.15, -0.1) is 0 Å². The Balaban J connectivity index is 3.72. The molecule has 0 bridgehead atoms. The maximum atomic E-state index is 12.2. The molecule has 0 fully saturated rings. The molecular weight excluding hydrogens is 482 g/mol. The zero-order valence-electron chi connectivity index (χ0n) is 25.4. The molecule has 0 heterocycles. The molecule has 0 radical (unpaired) electrons. The molecule has 0 aromatic carbocycles. The molecule has 2 unspecified atom stereocenters. The molecule has 0 spiro atoms. The first-order valence-electron chi connectivity index (χ1n) is 16.0. The van der Waals surface area contributed by atoms with Gasteiger partial charge in [-0.05, 0) is 57.8 Å². The van der Waals surface area contributed by atoms with E-state index in [1.165, 1.54) is 38.5 Å². The molecule has 0 aliphatic heterocycles. The van der Waals surface area contributed by atoms with E-state index in [4.69, 9.17) is 0 Å². The average molecular weight is 544 g/mol. The van der Waals surface area contributed by atoms with Gasteiger partial charge in [0.1, 0.15) is 0 Å². The molecule has 0 saturated carbocycles. The van der Waals surface area contributed by atoms with E-state index in [1.807, 2.05) is 0 Å². The van der Waals surface area contributed by atoms with Crippen molar-refractivity contribution in [1.82, 2.24) is 5.32 Å². The summed E-state index contributed by atoms with van der Waals surface area (Å²) in [6, 6.07) is -0.552. The second-order valence-electron chi connectivity index (χ2n) is 10.5. The lowest BCUT2D eigenvalue weighted by molar-refractivity contribution is -0.123. The van der Waals surface area contributed by atoms with Gasteiger partial charge >= 0.3 is 0 Å². The van der Waals surface area contributed by atoms with E-state index >= 15 is 0 Å². The smallest absolute Gasteiger partial charge is 0.220 e. The summed E-state index contributed by atoms with van der Waals surface area (Å²) in [5.41, 5.74) is 0. The quantitative estimate of drug-likeness (QED) is 0.0715. The van der Waals surface area contributed by atoms with Gasteiger partial charge in [0.2, 0.25) is 5.91 Å². The second kappa shape index (κ2) is 30.6. The first-order valence-corrected chi connectivity index (χ1v) is 16.0. The van der Waals surface area contributed by atoms with Crippen LogP contribution in [0.2, 0.25) is 0 Å². The van der Waals surface area contributed by atoms with Crippen molar-refractivity contribution in [2.45, 2.75) is 148 Å². The molecule has 0 saturated heterocycles. The van der Waals surface area contributed by atoms with Crippen LogP contribution >= 0.6 is 0 Å². The number of rotatable bonds is 27. The van der Waals surface area contributed by atoms with E-state index < -0.39 is 12.1 Å². The van der Waals surface area contributed by atoms with E-state index in [0.29, 0.717) is 12.8 Å². The van der Waals surface area contributed by atoms with E-state index in [2.05, 4.69) is 79.9 Å². The third-order valence-electron chi connectivity index (χ3n) is 6.79. The average Bonchev–Trinajstić information content (AvgIpc) is 2.94. The fourth-order valence-electron chi connectivity index (χ4n) is 4.32. The minimum absolute atomic E-state index is 0.0705. The number of hydrogen-bond acceptors (Lipinski definition) is 3. The minimum atomic E-state index is -0.672. The molecule has 2 atom stereocenters. The first kappa shape index (κ1) is 37.1. The van der Waals surface area contributed by atoms with Crippen LogP contribution in [0.3, 0.4) is 0 Å². The van der Waals surface area contributed by atoms with Gasteiger partial charge in [-0.2, -0.15) is 0 Å². The molecule has 4 nitrogen and oxygen atoms in total. The summed E-state index contributed by atoms with van der Waals surface area (Å²) in [6.45, 7) is 4.17. The predicted molar refractivity (Wildman–Crippen MR) is 170 cm³/mol. The number of carbonyl (C=O) groups is 1. The number of hydrogen-bond donors (Lipinski definition) is 3. The van der Waals surface area contributed by atoms with Crippen LogP contribution in [-0.2, 0) is 4.79 Å². The summed E-state index contributed by atoms with van der Waals surface area (Å²) < 4.78 is 0. The Morgan fingerprint density at radius 1 is 0.641 bits per heavy atom. The topological polar surface area (TPSA) is 69.6 Å². The van der Waals surface area contributed by atoms with Crippen molar-refractivity contribution in [3.05, 3.63) is 60.8 Å². The summed E-state index contributed by atoms with van der Waals surface area (Å²) in [4.78, 5) is 12.2. The van der Waals surface area contributed by atoms with Crippen LogP contribution in [0, 0.1) is 0 Å². The number of allylic oxidation sites excluding steroid dienone is 10. The normalized spacial score (nSPS) is 14.1. The van der Waals surface area contributed by atoms with Crippen molar-refractivity contribution in [2.75, 3.05) is 6.61 Å². The summed E-state index contributed by atoms with van der Waals surface area (Å²) in [5, 5.41) is 22.8. The lowest BCUT2D eigenvalue weighted by Crippen LogP contribution is -2.45. The Bertz CT molecular complexity index is 677. The molecule has 0 aliphatic rings. The van der Waals surface area contributed by atoms with Crippen LogP contribution < -0.4 is 5.32 Å². The van der Waals surface area contributed by atoms with Gasteiger partial charge in [0.15, 0.2) is 0 Å². The molecule has 3 N–H and O–H groups in total. The summed E-state index contributed by atoms with van der Waals surface area (Å²) in [6.07, 6.45) is 41.2. The molecule has 1 amide bonds. The van der Waals surface area contributed by atoms with Crippen molar-refractivity contribution in [2.24, 2.45) is 0 Å². The van der Waals surface area contributed by atoms with E-state index in [0.717, 1.165) is 70.6 Å². The highest BCUT2D eigenvalue weighted by atomic mass is 16.3. The monoisotopic (exact) mass is 543 g/mol. The zero-order valence-corrected chi connectivity index (χ0v) is 25.4. The van der Waals surface area contributed by atoms with Crippen LogP contribution in [0.1, 0.15) is 136 Å². The molecule has 0 aliphatic carbocycles. The summed E-state index contributed by atoms with van der Waals surface area (Å²) in [5.74, 6) is -0.0705. The van der Waals surface area contributed by atoms with Crippen molar-refractivity contribution in [3.63, 3.8) is 0 Å². The van der Waals surface area contributed by atoms with Gasteiger partial charge in [0, 0.05) is 6.42 Å². The molecule has 0 aromatic rings. The fraction of sp³-hybridized carbons (Fsp3) is 0.686. The van der Waals surface area contributed by atoms with Crippen molar-refractivity contribution in [3.8, 4) is 0 Å². The van der Waals surface area contributed by atoms with Crippen LogP contribution in [0.4, 0.5) is 0 Å². The Morgan fingerprint density at radius 3 is 1.67 bits per heavy atom. The van der Waals surface area contributed by atoms with Crippen LogP contribution in [0.25, 0.3) is 0 Å². The molecule has 4 heteroatoms. The zero-order chi connectivity index (χ0) is 28.7. The number of aliphatic hydroxyl groups excluding tert-OH is 2. The van der Waals surface area contributed by atoms with Gasteiger partial charge in [-0.25, -0.2) is 0 Å². The molecule has 0 aromatic heterocycles.